The molecule has 9 nitrogen and oxygen atoms in total. The van der Waals surface area contributed by atoms with E-state index in [0.29, 0.717) is 0 Å². The van der Waals surface area contributed by atoms with Crippen LogP contribution in [0.1, 0.15) is 16.9 Å². The third-order valence-corrected chi connectivity index (χ3v) is 2.86. The van der Waals surface area contributed by atoms with Gasteiger partial charge < -0.3 is 15.3 Å². The van der Waals surface area contributed by atoms with Gasteiger partial charge in [-0.25, -0.2) is 5.10 Å². The molecule has 2 heterocycles. The van der Waals surface area contributed by atoms with Crippen molar-refractivity contribution in [3.05, 3.63) is 28.2 Å². The normalized spacial score (nSPS) is 18.5. The summed E-state index contributed by atoms with van der Waals surface area (Å²) >= 11 is 0. The fourth-order valence-electron chi connectivity index (χ4n) is 1.94. The number of aromatic amines is 1. The van der Waals surface area contributed by atoms with E-state index in [1.165, 1.54) is 6.07 Å². The molecule has 20 heavy (non-hydrogen) atoms. The molecule has 3 N–H and O–H groups in total. The van der Waals surface area contributed by atoms with Gasteiger partial charge in [-0.1, -0.05) is 0 Å². The van der Waals surface area contributed by atoms with E-state index in [9.17, 15) is 19.2 Å². The molecule has 0 bridgehead atoms. The second-order valence-corrected chi connectivity index (χ2v) is 4.21. The molecule has 1 aromatic heterocycles. The van der Waals surface area contributed by atoms with E-state index in [4.69, 9.17) is 5.11 Å². The fourth-order valence-corrected chi connectivity index (χ4v) is 1.94. The lowest BCUT2D eigenvalue weighted by molar-refractivity contribution is -0.142. The third-order valence-electron chi connectivity index (χ3n) is 2.86. The molecule has 9 heteroatoms. The Kier molecular flexibility index (Phi) is 3.78. The summed E-state index contributed by atoms with van der Waals surface area (Å²) in [7, 11) is 0. The van der Waals surface area contributed by atoms with Crippen LogP contribution in [0.2, 0.25) is 0 Å². The molecule has 0 aliphatic carbocycles. The lowest BCUT2D eigenvalue weighted by Crippen LogP contribution is -2.58. The number of piperazine rings is 1. The first-order valence-electron chi connectivity index (χ1n) is 5.85. The SMILES string of the molecule is O=C(O)CC1C(=O)NCCN1C(=O)c1ccc(=O)[nH]n1. The zero-order chi connectivity index (χ0) is 14.7. The number of carbonyl (C=O) groups is 3. The van der Waals surface area contributed by atoms with Crippen LogP contribution in [-0.2, 0) is 9.59 Å². The van der Waals surface area contributed by atoms with E-state index in [1.54, 1.807) is 0 Å². The van der Waals surface area contributed by atoms with E-state index in [0.717, 1.165) is 11.0 Å². The molecule has 1 aliphatic rings. The van der Waals surface area contributed by atoms with Gasteiger partial charge in [-0.15, -0.1) is 0 Å². The zero-order valence-electron chi connectivity index (χ0n) is 10.3. The molecule has 2 amide bonds. The molecule has 1 unspecified atom stereocenters. The average Bonchev–Trinajstić information content (AvgIpc) is 2.41. The largest absolute Gasteiger partial charge is 0.481 e. The number of nitrogens with one attached hydrogen (secondary N) is 2. The summed E-state index contributed by atoms with van der Waals surface area (Å²) in [5.74, 6) is -2.29. The van der Waals surface area contributed by atoms with Crippen molar-refractivity contribution in [1.82, 2.24) is 20.4 Å². The van der Waals surface area contributed by atoms with Crippen LogP contribution in [0.15, 0.2) is 16.9 Å². The first kappa shape index (κ1) is 13.7. The summed E-state index contributed by atoms with van der Waals surface area (Å²) in [4.78, 5) is 46.7. The zero-order valence-corrected chi connectivity index (χ0v) is 10.3. The number of hydrogen-bond donors (Lipinski definition) is 3. The second-order valence-electron chi connectivity index (χ2n) is 4.21. The number of carbonyl (C=O) groups excluding carboxylic acids is 2. The highest BCUT2D eigenvalue weighted by Gasteiger charge is 2.35. The molecule has 2 rings (SSSR count). The van der Waals surface area contributed by atoms with Crippen molar-refractivity contribution in [2.75, 3.05) is 13.1 Å². The lowest BCUT2D eigenvalue weighted by Gasteiger charge is -2.33. The van der Waals surface area contributed by atoms with Gasteiger partial charge in [0, 0.05) is 19.2 Å². The monoisotopic (exact) mass is 280 g/mol. The van der Waals surface area contributed by atoms with Crippen LogP contribution in [0.25, 0.3) is 0 Å². The van der Waals surface area contributed by atoms with Gasteiger partial charge in [0.15, 0.2) is 0 Å². The summed E-state index contributed by atoms with van der Waals surface area (Å²) in [5.41, 5.74) is -0.505. The minimum atomic E-state index is -1.18. The van der Waals surface area contributed by atoms with E-state index in [-0.39, 0.29) is 18.8 Å². The number of aliphatic carboxylic acids is 1. The van der Waals surface area contributed by atoms with Crippen molar-refractivity contribution in [1.29, 1.82) is 0 Å². The summed E-state index contributed by atoms with van der Waals surface area (Å²) in [6, 6.07) is 1.28. The Bertz CT molecular complexity index is 591. The first-order chi connectivity index (χ1) is 9.49. The minimum Gasteiger partial charge on any atom is -0.481 e. The van der Waals surface area contributed by atoms with Crippen LogP contribution in [-0.4, -0.2) is 57.1 Å². The molecule has 106 valence electrons. The van der Waals surface area contributed by atoms with Gasteiger partial charge in [-0.2, -0.15) is 5.10 Å². The van der Waals surface area contributed by atoms with Crippen LogP contribution in [0.4, 0.5) is 0 Å². The number of H-pyrrole nitrogens is 1. The van der Waals surface area contributed by atoms with Gasteiger partial charge in [0.1, 0.15) is 11.7 Å². The number of carboxylic acid groups (broad SMARTS) is 1. The molecule has 0 radical (unpaired) electrons. The maximum absolute atomic E-state index is 12.2. The topological polar surface area (TPSA) is 132 Å². The highest BCUT2D eigenvalue weighted by molar-refractivity contribution is 5.97. The van der Waals surface area contributed by atoms with Gasteiger partial charge in [0.05, 0.1) is 6.42 Å². The molecule has 1 aromatic rings. The molecule has 0 aromatic carbocycles. The van der Waals surface area contributed by atoms with Gasteiger partial charge in [0.25, 0.3) is 11.5 Å². The van der Waals surface area contributed by atoms with E-state index < -0.39 is 35.8 Å². The predicted molar refractivity (Wildman–Crippen MR) is 64.9 cm³/mol. The van der Waals surface area contributed by atoms with Gasteiger partial charge in [-0.3, -0.25) is 19.2 Å². The summed E-state index contributed by atoms with van der Waals surface area (Å²) < 4.78 is 0. The molecule has 1 fully saturated rings. The minimum absolute atomic E-state index is 0.0466. The highest BCUT2D eigenvalue weighted by Crippen LogP contribution is 2.12. The second kappa shape index (κ2) is 5.51. The Morgan fingerprint density at radius 2 is 2.15 bits per heavy atom. The van der Waals surface area contributed by atoms with Crippen molar-refractivity contribution in [2.45, 2.75) is 12.5 Å². The first-order valence-corrected chi connectivity index (χ1v) is 5.85. The van der Waals surface area contributed by atoms with Crippen LogP contribution >= 0.6 is 0 Å². The maximum Gasteiger partial charge on any atom is 0.305 e. The summed E-state index contributed by atoms with van der Waals surface area (Å²) in [5, 5.41) is 17.0. The number of aromatic nitrogens is 2. The van der Waals surface area contributed by atoms with Crippen molar-refractivity contribution in [2.24, 2.45) is 0 Å². The Hall–Kier alpha value is -2.71. The number of carboxylic acids is 1. The smallest absolute Gasteiger partial charge is 0.305 e. The predicted octanol–water partition coefficient (Wildman–Crippen LogP) is -1.81. The number of nitrogens with zero attached hydrogens (tertiary/aromatic N) is 2. The van der Waals surface area contributed by atoms with E-state index in [1.807, 2.05) is 0 Å². The maximum atomic E-state index is 12.2. The van der Waals surface area contributed by atoms with Gasteiger partial charge >= 0.3 is 5.97 Å². The third kappa shape index (κ3) is 2.82. The van der Waals surface area contributed by atoms with Crippen LogP contribution in [0.5, 0.6) is 0 Å². The Labute approximate surface area is 112 Å². The average molecular weight is 280 g/mol. The highest BCUT2D eigenvalue weighted by atomic mass is 16.4. The summed E-state index contributed by atoms with van der Waals surface area (Å²) in [6.07, 6.45) is -0.485. The van der Waals surface area contributed by atoms with Crippen molar-refractivity contribution >= 4 is 17.8 Å². The molecule has 1 aliphatic heterocycles. The summed E-state index contributed by atoms with van der Waals surface area (Å²) in [6.45, 7) is 0.424. The number of hydrogen-bond acceptors (Lipinski definition) is 5. The molecular formula is C11H12N4O5. The Balaban J connectivity index is 2.25. The number of rotatable bonds is 3. The molecule has 0 spiro atoms. The van der Waals surface area contributed by atoms with E-state index >= 15 is 0 Å². The van der Waals surface area contributed by atoms with Crippen molar-refractivity contribution in [3.63, 3.8) is 0 Å². The van der Waals surface area contributed by atoms with Crippen LogP contribution in [0, 0.1) is 0 Å². The van der Waals surface area contributed by atoms with Gasteiger partial charge in [0.2, 0.25) is 5.91 Å². The lowest BCUT2D eigenvalue weighted by atomic mass is 10.1. The fraction of sp³-hybridized carbons (Fsp3) is 0.364. The van der Waals surface area contributed by atoms with Gasteiger partial charge in [-0.05, 0) is 6.07 Å². The standard InChI is InChI=1S/C11H12N4O5/c16-8-2-1-6(13-14-8)11(20)15-4-3-12-10(19)7(15)5-9(17)18/h1-2,7H,3-5H2,(H,12,19)(H,14,16)(H,17,18). The Morgan fingerprint density at radius 3 is 2.75 bits per heavy atom. The van der Waals surface area contributed by atoms with E-state index in [2.05, 4.69) is 15.5 Å². The van der Waals surface area contributed by atoms with Crippen molar-refractivity contribution in [3.8, 4) is 0 Å². The Morgan fingerprint density at radius 1 is 1.40 bits per heavy atom. The number of amides is 2. The molecular weight excluding hydrogens is 268 g/mol. The molecule has 1 saturated heterocycles. The molecule has 0 saturated carbocycles. The van der Waals surface area contributed by atoms with Crippen molar-refractivity contribution < 1.29 is 19.5 Å². The molecule has 1 atom stereocenters. The van der Waals surface area contributed by atoms with Crippen LogP contribution < -0.4 is 10.9 Å². The quantitative estimate of drug-likeness (QED) is 0.597. The van der Waals surface area contributed by atoms with Crippen LogP contribution in [0.3, 0.4) is 0 Å².